The molecule has 3 heterocycles. The number of hydrogen-bond acceptors (Lipinski definition) is 7. The Morgan fingerprint density at radius 3 is 2.38 bits per heavy atom. The molecule has 0 bridgehead atoms. The van der Waals surface area contributed by atoms with Gasteiger partial charge in [-0.15, -0.1) is 0 Å². The molecule has 26 heavy (non-hydrogen) atoms. The zero-order valence-corrected chi connectivity index (χ0v) is 15.2. The van der Waals surface area contributed by atoms with E-state index >= 15 is 0 Å². The number of anilines is 1. The fourth-order valence-electron chi connectivity index (χ4n) is 3.15. The summed E-state index contributed by atoms with van der Waals surface area (Å²) >= 11 is 0. The molecule has 0 N–H and O–H groups in total. The highest BCUT2D eigenvalue weighted by molar-refractivity contribution is 7.88. The van der Waals surface area contributed by atoms with Crippen LogP contribution in [0.3, 0.4) is 0 Å². The molecule has 1 aromatic carbocycles. The Bertz CT molecular complexity index is 1010. The average Bonchev–Trinajstić information content (AvgIpc) is 3.13. The summed E-state index contributed by atoms with van der Waals surface area (Å²) in [6.07, 6.45) is 1.38. The number of para-hydroxylation sites is 2. The van der Waals surface area contributed by atoms with E-state index < -0.39 is 10.0 Å². The number of piperazine rings is 1. The molecule has 0 atom stereocenters. The smallest absolute Gasteiger partial charge is 0.220 e. The van der Waals surface area contributed by atoms with Crippen LogP contribution in [0.15, 0.2) is 41.1 Å². The highest BCUT2D eigenvalue weighted by Gasteiger charge is 2.29. The number of aryl methyl sites for hydroxylation is 1. The van der Waals surface area contributed by atoms with Gasteiger partial charge in [-0.1, -0.05) is 17.3 Å². The summed E-state index contributed by atoms with van der Waals surface area (Å²) in [4.78, 5) is 11.4. The lowest BCUT2D eigenvalue weighted by atomic mass is 10.2. The molecule has 4 rings (SSSR count). The Labute approximate surface area is 151 Å². The first kappa shape index (κ1) is 16.9. The molecule has 8 nitrogen and oxygen atoms in total. The van der Waals surface area contributed by atoms with Crippen LogP contribution in [0.2, 0.25) is 0 Å². The van der Waals surface area contributed by atoms with Gasteiger partial charge >= 0.3 is 0 Å². The van der Waals surface area contributed by atoms with Gasteiger partial charge < -0.3 is 9.42 Å². The number of fused-ring (bicyclic) bond motifs is 1. The molecule has 136 valence electrons. The Morgan fingerprint density at radius 1 is 1.04 bits per heavy atom. The van der Waals surface area contributed by atoms with Gasteiger partial charge in [0, 0.05) is 32.2 Å². The first-order valence-electron chi connectivity index (χ1n) is 8.38. The molecule has 0 aliphatic carbocycles. The van der Waals surface area contributed by atoms with Crippen molar-refractivity contribution in [3.63, 3.8) is 0 Å². The molecule has 1 saturated heterocycles. The predicted octanol–water partition coefficient (Wildman–Crippen LogP) is 1.58. The normalized spacial score (nSPS) is 16.3. The van der Waals surface area contributed by atoms with Crippen molar-refractivity contribution in [3.8, 4) is 0 Å². The Balaban J connectivity index is 1.49. The summed E-state index contributed by atoms with van der Waals surface area (Å²) in [5, 5.41) is 3.69. The van der Waals surface area contributed by atoms with E-state index in [1.807, 2.05) is 31.2 Å². The Kier molecular flexibility index (Phi) is 4.33. The molecule has 1 fully saturated rings. The highest BCUT2D eigenvalue weighted by Crippen LogP contribution is 2.22. The lowest BCUT2D eigenvalue weighted by Gasteiger charge is -2.35. The van der Waals surface area contributed by atoms with Crippen molar-refractivity contribution in [1.82, 2.24) is 19.4 Å². The summed E-state index contributed by atoms with van der Waals surface area (Å²) in [5.74, 6) is 0.676. The summed E-state index contributed by atoms with van der Waals surface area (Å²) in [7, 11) is -3.41. The summed E-state index contributed by atoms with van der Waals surface area (Å²) in [6.45, 7) is 3.91. The van der Waals surface area contributed by atoms with Gasteiger partial charge in [-0.25, -0.2) is 18.4 Å². The summed E-state index contributed by atoms with van der Waals surface area (Å²) in [6, 6.07) is 9.32. The van der Waals surface area contributed by atoms with E-state index in [1.54, 1.807) is 6.07 Å². The number of benzene rings is 1. The second-order valence-electron chi connectivity index (χ2n) is 6.25. The minimum Gasteiger partial charge on any atom is -0.364 e. The zero-order chi connectivity index (χ0) is 18.1. The SMILES string of the molecule is Cc1nc2ccccc2nc1N1CCN(S(=O)(=O)Cc2ccon2)CC1. The number of sulfonamides is 1. The molecule has 0 spiro atoms. The van der Waals surface area contributed by atoms with Crippen molar-refractivity contribution in [2.75, 3.05) is 31.1 Å². The van der Waals surface area contributed by atoms with E-state index in [0.717, 1.165) is 22.5 Å². The molecular formula is C17H19N5O3S. The minimum absolute atomic E-state index is 0.141. The molecule has 1 aliphatic heterocycles. The molecular weight excluding hydrogens is 354 g/mol. The van der Waals surface area contributed by atoms with Crippen LogP contribution in [0, 0.1) is 6.92 Å². The number of hydrogen-bond donors (Lipinski definition) is 0. The molecule has 2 aromatic heterocycles. The number of nitrogens with zero attached hydrogens (tertiary/aromatic N) is 5. The third-order valence-corrected chi connectivity index (χ3v) is 6.29. The summed E-state index contributed by atoms with van der Waals surface area (Å²) < 4.78 is 31.3. The topological polar surface area (TPSA) is 92.4 Å². The first-order valence-corrected chi connectivity index (χ1v) is 9.99. The van der Waals surface area contributed by atoms with Crippen molar-refractivity contribution < 1.29 is 12.9 Å². The van der Waals surface area contributed by atoms with E-state index in [4.69, 9.17) is 9.51 Å². The molecule has 3 aromatic rings. The van der Waals surface area contributed by atoms with E-state index in [9.17, 15) is 8.42 Å². The molecule has 0 saturated carbocycles. The molecule has 9 heteroatoms. The maximum atomic E-state index is 12.5. The van der Waals surface area contributed by atoms with Crippen LogP contribution in [0.4, 0.5) is 5.82 Å². The monoisotopic (exact) mass is 373 g/mol. The predicted molar refractivity (Wildman–Crippen MR) is 97.2 cm³/mol. The van der Waals surface area contributed by atoms with Gasteiger partial charge in [0.25, 0.3) is 0 Å². The van der Waals surface area contributed by atoms with Gasteiger partial charge in [0.15, 0.2) is 5.82 Å². The van der Waals surface area contributed by atoms with Crippen molar-refractivity contribution in [2.24, 2.45) is 0 Å². The fourth-order valence-corrected chi connectivity index (χ4v) is 4.57. The minimum atomic E-state index is -3.41. The van der Waals surface area contributed by atoms with Crippen molar-refractivity contribution in [3.05, 3.63) is 48.0 Å². The lowest BCUT2D eigenvalue weighted by molar-refractivity contribution is 0.380. The van der Waals surface area contributed by atoms with E-state index in [-0.39, 0.29) is 5.75 Å². The van der Waals surface area contributed by atoms with Crippen molar-refractivity contribution >= 4 is 26.9 Å². The van der Waals surface area contributed by atoms with Gasteiger partial charge in [0.2, 0.25) is 10.0 Å². The van der Waals surface area contributed by atoms with Crippen LogP contribution < -0.4 is 4.90 Å². The fraction of sp³-hybridized carbons (Fsp3) is 0.353. The van der Waals surface area contributed by atoms with E-state index in [1.165, 1.54) is 10.6 Å². The second-order valence-corrected chi connectivity index (χ2v) is 8.22. The molecule has 0 unspecified atom stereocenters. The van der Waals surface area contributed by atoms with Crippen LogP contribution in [0.1, 0.15) is 11.4 Å². The highest BCUT2D eigenvalue weighted by atomic mass is 32.2. The van der Waals surface area contributed by atoms with Crippen molar-refractivity contribution in [1.29, 1.82) is 0 Å². The van der Waals surface area contributed by atoms with Gasteiger partial charge in [-0.05, 0) is 19.1 Å². The maximum absolute atomic E-state index is 12.5. The molecule has 0 amide bonds. The summed E-state index contributed by atoms with van der Waals surface area (Å²) in [5.41, 5.74) is 2.98. The Hall–Kier alpha value is -2.52. The number of rotatable bonds is 4. The zero-order valence-electron chi connectivity index (χ0n) is 14.4. The lowest BCUT2D eigenvalue weighted by Crippen LogP contribution is -2.49. The number of aromatic nitrogens is 3. The van der Waals surface area contributed by atoms with Gasteiger partial charge in [-0.2, -0.15) is 4.31 Å². The van der Waals surface area contributed by atoms with Gasteiger partial charge in [0.05, 0.1) is 22.4 Å². The third kappa shape index (κ3) is 3.27. The molecule has 0 radical (unpaired) electrons. The van der Waals surface area contributed by atoms with Crippen LogP contribution in [0.25, 0.3) is 11.0 Å². The van der Waals surface area contributed by atoms with Gasteiger partial charge in [-0.3, -0.25) is 0 Å². The van der Waals surface area contributed by atoms with Crippen LogP contribution in [-0.4, -0.2) is 54.0 Å². The second kappa shape index (κ2) is 6.65. The quantitative estimate of drug-likeness (QED) is 0.685. The van der Waals surface area contributed by atoms with E-state index in [0.29, 0.717) is 31.9 Å². The largest absolute Gasteiger partial charge is 0.364 e. The van der Waals surface area contributed by atoms with Crippen LogP contribution in [0.5, 0.6) is 0 Å². The first-order chi connectivity index (χ1) is 12.5. The standard InChI is InChI=1S/C17H19N5O3S/c1-13-17(19-16-5-3-2-4-15(16)18-13)21-7-9-22(10-8-21)26(23,24)12-14-6-11-25-20-14/h2-6,11H,7-10,12H2,1H3. The Morgan fingerprint density at radius 2 is 1.73 bits per heavy atom. The van der Waals surface area contributed by atoms with Gasteiger partial charge in [0.1, 0.15) is 12.0 Å². The van der Waals surface area contributed by atoms with E-state index in [2.05, 4.69) is 15.0 Å². The third-order valence-electron chi connectivity index (χ3n) is 4.47. The average molecular weight is 373 g/mol. The van der Waals surface area contributed by atoms with Crippen LogP contribution >= 0.6 is 0 Å². The van der Waals surface area contributed by atoms with Crippen LogP contribution in [-0.2, 0) is 15.8 Å². The van der Waals surface area contributed by atoms with Crippen molar-refractivity contribution in [2.45, 2.75) is 12.7 Å². The maximum Gasteiger partial charge on any atom is 0.220 e. The molecule has 1 aliphatic rings.